The standard InChI is InChI=1S/C8H9BrF2N2O/c9-7-13-12-6(14-7)5-1-3-8(10,11)4-2-5/h5H,1-4H2. The Hall–Kier alpha value is -0.520. The summed E-state index contributed by atoms with van der Waals surface area (Å²) in [5.74, 6) is -2.05. The molecule has 0 spiro atoms. The van der Waals surface area contributed by atoms with Gasteiger partial charge < -0.3 is 4.42 Å². The molecule has 2 rings (SSSR count). The van der Waals surface area contributed by atoms with E-state index < -0.39 is 5.92 Å². The number of aromatic nitrogens is 2. The third-order valence-electron chi connectivity index (χ3n) is 2.48. The summed E-state index contributed by atoms with van der Waals surface area (Å²) in [7, 11) is 0. The van der Waals surface area contributed by atoms with Gasteiger partial charge in [0.1, 0.15) is 0 Å². The SMILES string of the molecule is FC1(F)CCC(c2nnc(Br)o2)CC1. The first-order chi connectivity index (χ1) is 6.57. The van der Waals surface area contributed by atoms with Crippen molar-refractivity contribution in [2.75, 3.05) is 0 Å². The molecule has 0 bridgehead atoms. The van der Waals surface area contributed by atoms with Crippen molar-refractivity contribution in [2.24, 2.45) is 0 Å². The maximum atomic E-state index is 12.8. The molecule has 0 saturated heterocycles. The molecule has 1 heterocycles. The fourth-order valence-corrected chi connectivity index (χ4v) is 1.91. The van der Waals surface area contributed by atoms with E-state index >= 15 is 0 Å². The minimum atomic E-state index is -2.51. The molecule has 0 radical (unpaired) electrons. The van der Waals surface area contributed by atoms with E-state index in [9.17, 15) is 8.78 Å². The third kappa shape index (κ3) is 2.10. The van der Waals surface area contributed by atoms with E-state index in [-0.39, 0.29) is 18.8 Å². The second-order valence-electron chi connectivity index (χ2n) is 3.52. The first-order valence-electron chi connectivity index (χ1n) is 4.43. The molecule has 1 aliphatic rings. The molecule has 1 saturated carbocycles. The van der Waals surface area contributed by atoms with E-state index in [0.717, 1.165) is 0 Å². The van der Waals surface area contributed by atoms with Crippen LogP contribution in [-0.4, -0.2) is 16.1 Å². The van der Waals surface area contributed by atoms with Crippen LogP contribution in [0.2, 0.25) is 0 Å². The first kappa shape index (κ1) is 10.0. The van der Waals surface area contributed by atoms with Crippen LogP contribution in [0.3, 0.4) is 0 Å². The van der Waals surface area contributed by atoms with E-state index in [0.29, 0.717) is 23.5 Å². The lowest BCUT2D eigenvalue weighted by molar-refractivity contribution is -0.0399. The molecule has 0 aliphatic heterocycles. The average molecular weight is 267 g/mol. The summed E-state index contributed by atoms with van der Waals surface area (Å²) in [5.41, 5.74) is 0. The van der Waals surface area contributed by atoms with Crippen LogP contribution in [0.1, 0.15) is 37.5 Å². The van der Waals surface area contributed by atoms with Gasteiger partial charge >= 0.3 is 0 Å². The highest BCUT2D eigenvalue weighted by atomic mass is 79.9. The summed E-state index contributed by atoms with van der Waals surface area (Å²) in [6.07, 6.45) is 0.665. The quantitative estimate of drug-likeness (QED) is 0.784. The van der Waals surface area contributed by atoms with Crippen LogP contribution in [0.25, 0.3) is 0 Å². The van der Waals surface area contributed by atoms with E-state index in [1.807, 2.05) is 0 Å². The van der Waals surface area contributed by atoms with Gasteiger partial charge in [0.05, 0.1) is 0 Å². The second-order valence-corrected chi connectivity index (χ2v) is 4.20. The number of halogens is 3. The average Bonchev–Trinajstić information content (AvgIpc) is 2.52. The molecule has 0 amide bonds. The molecule has 1 aliphatic carbocycles. The molecular weight excluding hydrogens is 258 g/mol. The molecule has 1 aromatic rings. The maximum Gasteiger partial charge on any atom is 0.284 e. The van der Waals surface area contributed by atoms with Crippen LogP contribution in [0.15, 0.2) is 9.22 Å². The van der Waals surface area contributed by atoms with Crippen LogP contribution in [0.4, 0.5) is 8.78 Å². The van der Waals surface area contributed by atoms with E-state index in [1.54, 1.807) is 0 Å². The highest BCUT2D eigenvalue weighted by molar-refractivity contribution is 9.10. The van der Waals surface area contributed by atoms with E-state index in [1.165, 1.54) is 0 Å². The van der Waals surface area contributed by atoms with Gasteiger partial charge in [-0.05, 0) is 12.8 Å². The zero-order valence-corrected chi connectivity index (χ0v) is 8.93. The normalized spacial score (nSPS) is 22.5. The van der Waals surface area contributed by atoms with Crippen molar-refractivity contribution in [3.63, 3.8) is 0 Å². The molecule has 1 aromatic heterocycles. The van der Waals surface area contributed by atoms with Gasteiger partial charge in [-0.1, -0.05) is 0 Å². The number of hydrogen-bond donors (Lipinski definition) is 0. The number of alkyl halides is 2. The number of hydrogen-bond acceptors (Lipinski definition) is 3. The Labute approximate surface area is 88.0 Å². The highest BCUT2D eigenvalue weighted by Crippen LogP contribution is 2.40. The second kappa shape index (κ2) is 3.56. The lowest BCUT2D eigenvalue weighted by Gasteiger charge is -2.25. The van der Waals surface area contributed by atoms with Crippen LogP contribution in [0.5, 0.6) is 0 Å². The van der Waals surface area contributed by atoms with Crippen LogP contribution >= 0.6 is 15.9 Å². The van der Waals surface area contributed by atoms with Crippen molar-refractivity contribution in [3.05, 3.63) is 10.7 Å². The molecule has 14 heavy (non-hydrogen) atoms. The predicted octanol–water partition coefficient (Wildman–Crippen LogP) is 3.13. The van der Waals surface area contributed by atoms with Crippen molar-refractivity contribution in [2.45, 2.75) is 37.5 Å². The fraction of sp³-hybridized carbons (Fsp3) is 0.750. The van der Waals surface area contributed by atoms with Crippen LogP contribution in [0, 0.1) is 0 Å². The van der Waals surface area contributed by atoms with Gasteiger partial charge in [-0.3, -0.25) is 0 Å². The van der Waals surface area contributed by atoms with Crippen LogP contribution in [-0.2, 0) is 0 Å². The summed E-state index contributed by atoms with van der Waals surface area (Å²) < 4.78 is 30.8. The van der Waals surface area contributed by atoms with Crippen molar-refractivity contribution in [1.29, 1.82) is 0 Å². The Morgan fingerprint density at radius 1 is 1.29 bits per heavy atom. The summed E-state index contributed by atoms with van der Waals surface area (Å²) >= 11 is 3.03. The van der Waals surface area contributed by atoms with Crippen molar-refractivity contribution in [1.82, 2.24) is 10.2 Å². The molecule has 0 unspecified atom stereocenters. The third-order valence-corrected chi connectivity index (χ3v) is 2.80. The molecule has 78 valence electrons. The number of nitrogens with zero attached hydrogens (tertiary/aromatic N) is 2. The topological polar surface area (TPSA) is 38.9 Å². The van der Waals surface area contributed by atoms with Gasteiger partial charge in [-0.15, -0.1) is 10.2 Å². The molecular formula is C8H9BrF2N2O. The summed E-state index contributed by atoms with van der Waals surface area (Å²) in [6.45, 7) is 0. The van der Waals surface area contributed by atoms with Crippen molar-refractivity contribution >= 4 is 15.9 Å². The zero-order chi connectivity index (χ0) is 10.2. The van der Waals surface area contributed by atoms with Gasteiger partial charge in [-0.25, -0.2) is 8.78 Å². The first-order valence-corrected chi connectivity index (χ1v) is 5.23. The summed E-state index contributed by atoms with van der Waals surface area (Å²) in [5, 5.41) is 7.42. The molecule has 0 atom stereocenters. The molecule has 0 N–H and O–H groups in total. The zero-order valence-electron chi connectivity index (χ0n) is 7.34. The monoisotopic (exact) mass is 266 g/mol. The fourth-order valence-electron chi connectivity index (χ4n) is 1.67. The van der Waals surface area contributed by atoms with Crippen molar-refractivity contribution in [3.8, 4) is 0 Å². The summed E-state index contributed by atoms with van der Waals surface area (Å²) in [6, 6.07) is 0. The lowest BCUT2D eigenvalue weighted by atomic mass is 9.87. The van der Waals surface area contributed by atoms with E-state index in [4.69, 9.17) is 4.42 Å². The molecule has 0 aromatic carbocycles. The Bertz CT molecular complexity index is 319. The Kier molecular flexibility index (Phi) is 2.55. The minimum Gasteiger partial charge on any atom is -0.415 e. The lowest BCUT2D eigenvalue weighted by Crippen LogP contribution is -2.23. The maximum absolute atomic E-state index is 12.8. The number of rotatable bonds is 1. The minimum absolute atomic E-state index is 0.00609. The smallest absolute Gasteiger partial charge is 0.284 e. The Morgan fingerprint density at radius 3 is 2.43 bits per heavy atom. The van der Waals surface area contributed by atoms with Gasteiger partial charge in [0.2, 0.25) is 11.8 Å². The highest BCUT2D eigenvalue weighted by Gasteiger charge is 2.37. The van der Waals surface area contributed by atoms with Gasteiger partial charge in [-0.2, -0.15) is 0 Å². The van der Waals surface area contributed by atoms with E-state index in [2.05, 4.69) is 26.1 Å². The van der Waals surface area contributed by atoms with Gasteiger partial charge in [0.25, 0.3) is 4.80 Å². The molecule has 3 nitrogen and oxygen atoms in total. The Balaban J connectivity index is 2.02. The Morgan fingerprint density at radius 2 is 1.93 bits per heavy atom. The predicted molar refractivity (Wildman–Crippen MR) is 48.2 cm³/mol. The summed E-state index contributed by atoms with van der Waals surface area (Å²) in [4.78, 5) is 0.310. The van der Waals surface area contributed by atoms with Gasteiger partial charge in [0.15, 0.2) is 0 Å². The molecule has 1 fully saturated rings. The van der Waals surface area contributed by atoms with Gasteiger partial charge in [0, 0.05) is 34.7 Å². The largest absolute Gasteiger partial charge is 0.415 e. The molecule has 6 heteroatoms. The van der Waals surface area contributed by atoms with Crippen molar-refractivity contribution < 1.29 is 13.2 Å². The van der Waals surface area contributed by atoms with Crippen LogP contribution < -0.4 is 0 Å².